The first-order valence-electron chi connectivity index (χ1n) is 7.90. The van der Waals surface area contributed by atoms with Gasteiger partial charge in [0.15, 0.2) is 6.61 Å². The third-order valence-electron chi connectivity index (χ3n) is 5.62. The van der Waals surface area contributed by atoms with Crippen LogP contribution in [0.5, 0.6) is 0 Å². The molecule has 0 heterocycles. The topological polar surface area (TPSA) is 69.7 Å². The van der Waals surface area contributed by atoms with E-state index >= 15 is 0 Å². The molecule has 5 nitrogen and oxygen atoms in total. The number of carbonyl (C=O) groups is 3. The van der Waals surface area contributed by atoms with E-state index in [1.807, 2.05) is 6.92 Å². The molecule has 120 valence electrons. The highest BCUT2D eigenvalue weighted by Gasteiger charge is 2.61. The summed E-state index contributed by atoms with van der Waals surface area (Å²) >= 11 is 0. The summed E-state index contributed by atoms with van der Waals surface area (Å²) in [6.45, 7) is 6.61. The summed E-state index contributed by atoms with van der Waals surface area (Å²) in [6.07, 6.45) is 3.32. The lowest BCUT2D eigenvalue weighted by atomic mass is 9.49. The summed E-state index contributed by atoms with van der Waals surface area (Å²) in [5.41, 5.74) is -0.293. The number of carbonyl (C=O) groups excluding carboxylic acids is 3. The van der Waals surface area contributed by atoms with Crippen molar-refractivity contribution in [3.63, 3.8) is 0 Å². The monoisotopic (exact) mass is 306 g/mol. The normalized spacial score (nSPS) is 38.7. The van der Waals surface area contributed by atoms with Crippen LogP contribution in [0.25, 0.3) is 0 Å². The number of esters is 2. The van der Waals surface area contributed by atoms with E-state index in [-0.39, 0.29) is 23.3 Å². The zero-order valence-corrected chi connectivity index (χ0v) is 13.1. The number of ketones is 1. The molecule has 0 amide bonds. The van der Waals surface area contributed by atoms with E-state index in [0.29, 0.717) is 18.1 Å². The summed E-state index contributed by atoms with van der Waals surface area (Å²) in [7, 11) is 0. The number of Topliss-reactive ketones (excluding diaryl/α,β-unsaturated/α-hetero) is 1. The van der Waals surface area contributed by atoms with Crippen molar-refractivity contribution in [3.8, 4) is 0 Å². The molecule has 0 aromatic rings. The molecule has 0 aromatic heterocycles. The Kier molecular flexibility index (Phi) is 3.62. The third kappa shape index (κ3) is 2.36. The van der Waals surface area contributed by atoms with Gasteiger partial charge in [-0.25, -0.2) is 9.59 Å². The molecule has 4 fully saturated rings. The van der Waals surface area contributed by atoms with Gasteiger partial charge in [-0.3, -0.25) is 4.79 Å². The molecule has 22 heavy (non-hydrogen) atoms. The summed E-state index contributed by atoms with van der Waals surface area (Å²) in [4.78, 5) is 35.7. The van der Waals surface area contributed by atoms with Crippen LogP contribution >= 0.6 is 0 Å². The molecule has 5 atom stereocenters. The molecule has 4 aliphatic carbocycles. The number of hydrogen-bond donors (Lipinski definition) is 0. The molecule has 0 saturated heterocycles. The molecule has 5 unspecified atom stereocenters. The molecular weight excluding hydrogens is 284 g/mol. The maximum atomic E-state index is 12.3. The van der Waals surface area contributed by atoms with Crippen LogP contribution in [0.1, 0.15) is 39.5 Å². The van der Waals surface area contributed by atoms with Gasteiger partial charge in [-0.05, 0) is 38.5 Å². The van der Waals surface area contributed by atoms with Crippen LogP contribution in [0.15, 0.2) is 12.2 Å². The zero-order chi connectivity index (χ0) is 16.1. The Balaban J connectivity index is 1.67. The van der Waals surface area contributed by atoms with Crippen molar-refractivity contribution in [1.29, 1.82) is 0 Å². The Morgan fingerprint density at radius 2 is 2.05 bits per heavy atom. The van der Waals surface area contributed by atoms with Gasteiger partial charge in [0.05, 0.1) is 0 Å². The molecule has 4 saturated carbocycles. The fourth-order valence-electron chi connectivity index (χ4n) is 4.60. The third-order valence-corrected chi connectivity index (χ3v) is 5.62. The van der Waals surface area contributed by atoms with Gasteiger partial charge < -0.3 is 9.47 Å². The summed E-state index contributed by atoms with van der Waals surface area (Å²) in [5.74, 6) is -0.182. The molecule has 0 N–H and O–H groups in total. The van der Waals surface area contributed by atoms with Crippen molar-refractivity contribution in [3.05, 3.63) is 12.2 Å². The van der Waals surface area contributed by atoms with Crippen LogP contribution in [0.4, 0.5) is 0 Å². The average Bonchev–Trinajstić information content (AvgIpc) is 2.46. The van der Waals surface area contributed by atoms with Crippen molar-refractivity contribution >= 4 is 17.7 Å². The molecule has 0 radical (unpaired) electrons. The Labute approximate surface area is 130 Å². The summed E-state index contributed by atoms with van der Waals surface area (Å²) in [5, 5.41) is 0. The Bertz CT molecular complexity index is 551. The first kappa shape index (κ1) is 15.3. The molecule has 0 aromatic carbocycles. The van der Waals surface area contributed by atoms with Gasteiger partial charge in [-0.1, -0.05) is 13.5 Å². The quantitative estimate of drug-likeness (QED) is 0.587. The minimum absolute atomic E-state index is 0.0250. The van der Waals surface area contributed by atoms with E-state index in [0.717, 1.165) is 19.3 Å². The first-order chi connectivity index (χ1) is 10.3. The number of ether oxygens (including phenoxy) is 2. The Morgan fingerprint density at radius 1 is 1.32 bits per heavy atom. The van der Waals surface area contributed by atoms with Crippen molar-refractivity contribution in [2.45, 2.75) is 45.1 Å². The van der Waals surface area contributed by atoms with Crippen LogP contribution in [0, 0.1) is 23.7 Å². The van der Waals surface area contributed by atoms with Gasteiger partial charge in [-0.15, -0.1) is 0 Å². The lowest BCUT2D eigenvalue weighted by molar-refractivity contribution is -0.208. The van der Waals surface area contributed by atoms with E-state index in [1.165, 1.54) is 6.92 Å². The van der Waals surface area contributed by atoms with Crippen molar-refractivity contribution in [2.24, 2.45) is 23.7 Å². The van der Waals surface area contributed by atoms with Crippen LogP contribution in [-0.4, -0.2) is 29.9 Å². The minimum Gasteiger partial charge on any atom is -0.456 e. The summed E-state index contributed by atoms with van der Waals surface area (Å²) < 4.78 is 10.6. The highest BCUT2D eigenvalue weighted by Crippen LogP contribution is 2.58. The van der Waals surface area contributed by atoms with Crippen molar-refractivity contribution in [2.75, 3.05) is 6.61 Å². The molecule has 0 aliphatic heterocycles. The largest absolute Gasteiger partial charge is 0.456 e. The second kappa shape index (κ2) is 5.21. The van der Waals surface area contributed by atoms with E-state index in [2.05, 4.69) is 6.58 Å². The fourth-order valence-corrected chi connectivity index (χ4v) is 4.60. The highest BCUT2D eigenvalue weighted by molar-refractivity contribution is 5.89. The van der Waals surface area contributed by atoms with Crippen molar-refractivity contribution in [1.82, 2.24) is 0 Å². The standard InChI is InChI=1S/C17H22O5/c1-9(2)16(20)21-8-14(18)22-17-6-11-4-12(7-17)15(19)13(5-11)10(17)3/h10-13H,1,4-8H2,2-3H3. The smallest absolute Gasteiger partial charge is 0.344 e. The lowest BCUT2D eigenvalue weighted by Crippen LogP contribution is -2.62. The maximum Gasteiger partial charge on any atom is 0.344 e. The Morgan fingerprint density at radius 3 is 2.73 bits per heavy atom. The van der Waals surface area contributed by atoms with E-state index in [9.17, 15) is 14.4 Å². The molecule has 0 spiro atoms. The Hall–Kier alpha value is -1.65. The average molecular weight is 306 g/mol. The SMILES string of the molecule is C=C(C)C(=O)OCC(=O)OC12CC3CC(C1)C(=O)C(C3)C2C. The van der Waals surface area contributed by atoms with Crippen LogP contribution in [0.3, 0.4) is 0 Å². The van der Waals surface area contributed by atoms with E-state index in [1.54, 1.807) is 0 Å². The van der Waals surface area contributed by atoms with Gasteiger partial charge in [-0.2, -0.15) is 0 Å². The molecule has 5 heteroatoms. The van der Waals surface area contributed by atoms with E-state index in [4.69, 9.17) is 9.47 Å². The molecular formula is C17H22O5. The maximum absolute atomic E-state index is 12.3. The van der Waals surface area contributed by atoms with Crippen LogP contribution < -0.4 is 0 Å². The van der Waals surface area contributed by atoms with Crippen molar-refractivity contribution < 1.29 is 23.9 Å². The number of hydrogen-bond acceptors (Lipinski definition) is 5. The molecule has 4 aliphatic rings. The summed E-state index contributed by atoms with van der Waals surface area (Å²) in [6, 6.07) is 0. The predicted octanol–water partition coefficient (Wildman–Crippen LogP) is 2.04. The molecule has 4 bridgehead atoms. The minimum atomic E-state index is -0.592. The van der Waals surface area contributed by atoms with Gasteiger partial charge >= 0.3 is 11.9 Å². The molecule has 4 rings (SSSR count). The second-order valence-electron chi connectivity index (χ2n) is 7.14. The van der Waals surface area contributed by atoms with Crippen LogP contribution in [0.2, 0.25) is 0 Å². The predicted molar refractivity (Wildman–Crippen MR) is 77.7 cm³/mol. The van der Waals surface area contributed by atoms with Gasteiger partial charge in [0.25, 0.3) is 0 Å². The number of rotatable bonds is 4. The second-order valence-corrected chi connectivity index (χ2v) is 7.14. The fraction of sp³-hybridized carbons (Fsp3) is 0.706. The van der Waals surface area contributed by atoms with Gasteiger partial charge in [0.2, 0.25) is 0 Å². The lowest BCUT2D eigenvalue weighted by Gasteiger charge is -2.58. The van der Waals surface area contributed by atoms with Crippen LogP contribution in [-0.2, 0) is 23.9 Å². The van der Waals surface area contributed by atoms with Gasteiger partial charge in [0, 0.05) is 23.3 Å². The first-order valence-corrected chi connectivity index (χ1v) is 7.90. The highest BCUT2D eigenvalue weighted by atomic mass is 16.6. The zero-order valence-electron chi connectivity index (χ0n) is 13.1. The van der Waals surface area contributed by atoms with E-state index < -0.39 is 24.1 Å². The van der Waals surface area contributed by atoms with Gasteiger partial charge in [0.1, 0.15) is 11.4 Å².